The van der Waals surface area contributed by atoms with E-state index < -0.39 is 0 Å². The number of nitrogens with one attached hydrogen (secondary N) is 1. The van der Waals surface area contributed by atoms with Crippen molar-refractivity contribution in [2.75, 3.05) is 5.32 Å². The predicted octanol–water partition coefficient (Wildman–Crippen LogP) is 11.6. The number of oxazole rings is 1. The van der Waals surface area contributed by atoms with Gasteiger partial charge in [-0.3, -0.25) is 0 Å². The molecule has 0 aliphatic rings. The first-order valence-corrected chi connectivity index (χ1v) is 15.2. The van der Waals surface area contributed by atoms with Gasteiger partial charge < -0.3 is 9.73 Å². The summed E-state index contributed by atoms with van der Waals surface area (Å²) in [5.74, 6) is 0.640. The molecule has 0 radical (unpaired) electrons. The van der Waals surface area contributed by atoms with Crippen LogP contribution in [0.15, 0.2) is 144 Å². The molecule has 0 fully saturated rings. The van der Waals surface area contributed by atoms with Crippen LogP contribution < -0.4 is 5.32 Å². The molecule has 43 heavy (non-hydrogen) atoms. The molecule has 202 valence electrons. The van der Waals surface area contributed by atoms with E-state index >= 15 is 0 Å². The standard InChI is InChI=1S/C39H24N2OS/c1-2-7-27(8-3-1)39-41-34-22-18-26-14-13-25-17-21-29(23-33(25)36(26)37(34)42-39)40-28-19-15-24(16-20-28)30-10-6-11-32-31-9-4-5-12-35(31)43-38(30)32/h1-23,40H. The van der Waals surface area contributed by atoms with Crippen molar-refractivity contribution >= 4 is 75.5 Å². The third kappa shape index (κ3) is 3.99. The Kier molecular flexibility index (Phi) is 5.37. The van der Waals surface area contributed by atoms with E-state index in [-0.39, 0.29) is 0 Å². The van der Waals surface area contributed by atoms with Gasteiger partial charge in [0, 0.05) is 42.5 Å². The molecule has 0 saturated carbocycles. The Labute approximate surface area is 251 Å². The zero-order valence-electron chi connectivity index (χ0n) is 23.0. The molecular formula is C39H24N2OS. The summed E-state index contributed by atoms with van der Waals surface area (Å²) in [7, 11) is 0. The summed E-state index contributed by atoms with van der Waals surface area (Å²) in [6, 6.07) is 49.1. The van der Waals surface area contributed by atoms with E-state index in [1.54, 1.807) is 0 Å². The van der Waals surface area contributed by atoms with Crippen LogP contribution in [-0.4, -0.2) is 4.98 Å². The van der Waals surface area contributed by atoms with Gasteiger partial charge in [0.1, 0.15) is 5.52 Å². The summed E-state index contributed by atoms with van der Waals surface area (Å²) in [6.07, 6.45) is 0. The van der Waals surface area contributed by atoms with E-state index in [2.05, 4.69) is 108 Å². The van der Waals surface area contributed by atoms with Gasteiger partial charge in [-0.2, -0.15) is 0 Å². The molecule has 0 spiro atoms. The second-order valence-electron chi connectivity index (χ2n) is 10.9. The summed E-state index contributed by atoms with van der Waals surface area (Å²) in [5.41, 5.74) is 7.21. The molecule has 7 aromatic carbocycles. The van der Waals surface area contributed by atoms with Crippen molar-refractivity contribution in [3.8, 4) is 22.6 Å². The highest BCUT2D eigenvalue weighted by Crippen LogP contribution is 2.40. The van der Waals surface area contributed by atoms with Crippen molar-refractivity contribution in [3.63, 3.8) is 0 Å². The van der Waals surface area contributed by atoms with E-state index in [1.807, 2.05) is 47.7 Å². The quantitative estimate of drug-likeness (QED) is 0.215. The van der Waals surface area contributed by atoms with Crippen LogP contribution in [0.25, 0.3) is 75.4 Å². The van der Waals surface area contributed by atoms with Gasteiger partial charge >= 0.3 is 0 Å². The molecule has 0 aliphatic heterocycles. The minimum absolute atomic E-state index is 0.640. The first-order chi connectivity index (χ1) is 21.3. The molecule has 0 saturated heterocycles. The van der Waals surface area contributed by atoms with Crippen LogP contribution in [0, 0.1) is 0 Å². The summed E-state index contributed by atoms with van der Waals surface area (Å²) in [4.78, 5) is 4.81. The third-order valence-electron chi connectivity index (χ3n) is 8.26. The number of thiophene rings is 1. The highest BCUT2D eigenvalue weighted by atomic mass is 32.1. The number of rotatable bonds is 4. The molecule has 0 amide bonds. The van der Waals surface area contributed by atoms with E-state index in [0.717, 1.165) is 49.6 Å². The lowest BCUT2D eigenvalue weighted by Crippen LogP contribution is -1.91. The lowest BCUT2D eigenvalue weighted by molar-refractivity contribution is 0.623. The first kappa shape index (κ1) is 24.2. The molecular weight excluding hydrogens is 545 g/mol. The van der Waals surface area contributed by atoms with Crippen LogP contribution in [0.2, 0.25) is 0 Å². The fourth-order valence-corrected chi connectivity index (χ4v) is 7.42. The zero-order valence-corrected chi connectivity index (χ0v) is 23.9. The van der Waals surface area contributed by atoms with Gasteiger partial charge in [-0.15, -0.1) is 11.3 Å². The lowest BCUT2D eigenvalue weighted by Gasteiger charge is -2.11. The topological polar surface area (TPSA) is 38.1 Å². The molecule has 9 aromatic rings. The van der Waals surface area contributed by atoms with Crippen LogP contribution >= 0.6 is 11.3 Å². The number of hydrogen-bond acceptors (Lipinski definition) is 4. The highest BCUT2D eigenvalue weighted by Gasteiger charge is 2.14. The maximum atomic E-state index is 6.41. The van der Waals surface area contributed by atoms with Crippen molar-refractivity contribution in [2.24, 2.45) is 0 Å². The fourth-order valence-electron chi connectivity index (χ4n) is 6.18. The Bertz CT molecular complexity index is 2470. The van der Waals surface area contributed by atoms with Gasteiger partial charge in [-0.25, -0.2) is 4.98 Å². The smallest absolute Gasteiger partial charge is 0.227 e. The number of nitrogens with zero attached hydrogens (tertiary/aromatic N) is 1. The van der Waals surface area contributed by atoms with Crippen molar-refractivity contribution < 1.29 is 4.42 Å². The first-order valence-electron chi connectivity index (χ1n) is 14.4. The number of anilines is 2. The van der Waals surface area contributed by atoms with Gasteiger partial charge in [-0.1, -0.05) is 91.0 Å². The second kappa shape index (κ2) is 9.55. The minimum Gasteiger partial charge on any atom is -0.435 e. The lowest BCUT2D eigenvalue weighted by atomic mass is 10.0. The monoisotopic (exact) mass is 568 g/mol. The molecule has 9 rings (SSSR count). The van der Waals surface area contributed by atoms with Crippen molar-refractivity contribution in [1.29, 1.82) is 0 Å². The molecule has 0 atom stereocenters. The third-order valence-corrected chi connectivity index (χ3v) is 9.48. The summed E-state index contributed by atoms with van der Waals surface area (Å²) >= 11 is 1.87. The summed E-state index contributed by atoms with van der Waals surface area (Å²) < 4.78 is 9.07. The largest absolute Gasteiger partial charge is 0.435 e. The van der Waals surface area contributed by atoms with Gasteiger partial charge in [0.05, 0.1) is 0 Å². The van der Waals surface area contributed by atoms with Gasteiger partial charge in [0.25, 0.3) is 0 Å². The zero-order chi connectivity index (χ0) is 28.3. The Balaban J connectivity index is 1.09. The average Bonchev–Trinajstić information content (AvgIpc) is 3.67. The molecule has 0 aliphatic carbocycles. The predicted molar refractivity (Wildman–Crippen MR) is 183 cm³/mol. The molecule has 0 unspecified atom stereocenters. The normalized spacial score (nSPS) is 11.7. The molecule has 4 heteroatoms. The maximum absolute atomic E-state index is 6.41. The minimum atomic E-state index is 0.640. The maximum Gasteiger partial charge on any atom is 0.227 e. The van der Waals surface area contributed by atoms with Gasteiger partial charge in [0.2, 0.25) is 5.89 Å². The molecule has 2 aromatic heterocycles. The van der Waals surface area contributed by atoms with Crippen LogP contribution in [0.3, 0.4) is 0 Å². The van der Waals surface area contributed by atoms with Crippen molar-refractivity contribution in [2.45, 2.75) is 0 Å². The Morgan fingerprint density at radius 3 is 2.21 bits per heavy atom. The van der Waals surface area contributed by atoms with Crippen LogP contribution in [-0.2, 0) is 0 Å². The fraction of sp³-hybridized carbons (Fsp3) is 0. The van der Waals surface area contributed by atoms with Crippen molar-refractivity contribution in [3.05, 3.63) is 140 Å². The van der Waals surface area contributed by atoms with Crippen molar-refractivity contribution in [1.82, 2.24) is 4.98 Å². The SMILES string of the molecule is c1ccc(-c2nc3ccc4ccc5ccc(Nc6ccc(-c7cccc8c7sc7ccccc78)cc6)cc5c4c3o2)cc1. The molecule has 2 heterocycles. The second-order valence-corrected chi connectivity index (χ2v) is 11.9. The van der Waals surface area contributed by atoms with E-state index in [4.69, 9.17) is 9.40 Å². The van der Waals surface area contributed by atoms with E-state index in [0.29, 0.717) is 5.89 Å². The van der Waals surface area contributed by atoms with Gasteiger partial charge in [0.15, 0.2) is 5.58 Å². The number of benzene rings is 7. The molecule has 0 bridgehead atoms. The Morgan fingerprint density at radius 1 is 0.558 bits per heavy atom. The highest BCUT2D eigenvalue weighted by molar-refractivity contribution is 7.26. The van der Waals surface area contributed by atoms with Crippen LogP contribution in [0.1, 0.15) is 0 Å². The number of fused-ring (bicyclic) bond motifs is 8. The van der Waals surface area contributed by atoms with Crippen LogP contribution in [0.5, 0.6) is 0 Å². The Hall–Kier alpha value is -5.45. The van der Waals surface area contributed by atoms with Crippen LogP contribution in [0.4, 0.5) is 11.4 Å². The van der Waals surface area contributed by atoms with E-state index in [1.165, 1.54) is 31.3 Å². The number of aromatic nitrogens is 1. The van der Waals surface area contributed by atoms with Gasteiger partial charge in [-0.05, 0) is 75.8 Å². The summed E-state index contributed by atoms with van der Waals surface area (Å²) in [5, 5.41) is 10.8. The Morgan fingerprint density at radius 2 is 1.30 bits per heavy atom. The van der Waals surface area contributed by atoms with E-state index in [9.17, 15) is 0 Å². The number of hydrogen-bond donors (Lipinski definition) is 1. The average molecular weight is 569 g/mol. The molecule has 3 nitrogen and oxygen atoms in total. The summed E-state index contributed by atoms with van der Waals surface area (Å²) in [6.45, 7) is 0. The molecule has 1 N–H and O–H groups in total.